The molecule has 0 spiro atoms. The van der Waals surface area contributed by atoms with Crippen LogP contribution in [0.2, 0.25) is 0 Å². The van der Waals surface area contributed by atoms with Gasteiger partial charge in [-0.3, -0.25) is 0 Å². The van der Waals surface area contributed by atoms with Gasteiger partial charge >= 0.3 is 5.97 Å². The highest BCUT2D eigenvalue weighted by molar-refractivity contribution is 5.87. The van der Waals surface area contributed by atoms with Gasteiger partial charge in [-0.05, 0) is 18.6 Å². The van der Waals surface area contributed by atoms with E-state index >= 15 is 0 Å². The van der Waals surface area contributed by atoms with Gasteiger partial charge in [-0.1, -0.05) is 0 Å². The quantitative estimate of drug-likeness (QED) is 0.845. The summed E-state index contributed by atoms with van der Waals surface area (Å²) in [6, 6.07) is 1.82. The van der Waals surface area contributed by atoms with Crippen LogP contribution >= 0.6 is 0 Å². The molecule has 0 aliphatic carbocycles. The number of rotatable bonds is 4. The van der Waals surface area contributed by atoms with Crippen molar-refractivity contribution in [1.29, 1.82) is 0 Å². The third-order valence-corrected chi connectivity index (χ3v) is 2.53. The molecule has 0 fully saturated rings. The first-order valence-electron chi connectivity index (χ1n) is 5.03. The van der Waals surface area contributed by atoms with Gasteiger partial charge in [-0.2, -0.15) is 0 Å². The summed E-state index contributed by atoms with van der Waals surface area (Å²) in [6.45, 7) is 3.15. The summed E-state index contributed by atoms with van der Waals surface area (Å²) in [6.07, 6.45) is 7.09. The van der Waals surface area contributed by atoms with E-state index in [1.54, 1.807) is 30.2 Å². The molecule has 0 aliphatic rings. The number of nitrogens with zero attached hydrogens (tertiary/aromatic N) is 3. The Kier molecular flexibility index (Phi) is 2.76. The van der Waals surface area contributed by atoms with Gasteiger partial charge in [-0.15, -0.1) is 0 Å². The first kappa shape index (κ1) is 10.5. The zero-order chi connectivity index (χ0) is 11.5. The van der Waals surface area contributed by atoms with E-state index < -0.39 is 5.97 Å². The van der Waals surface area contributed by atoms with Crippen molar-refractivity contribution in [2.45, 2.75) is 20.0 Å². The summed E-state index contributed by atoms with van der Waals surface area (Å²) >= 11 is 0. The zero-order valence-electron chi connectivity index (χ0n) is 9.00. The lowest BCUT2D eigenvalue weighted by molar-refractivity contribution is 0.0684. The van der Waals surface area contributed by atoms with Crippen molar-refractivity contribution in [1.82, 2.24) is 14.1 Å². The number of hydrogen-bond acceptors (Lipinski definition) is 2. The van der Waals surface area contributed by atoms with Gasteiger partial charge in [0.15, 0.2) is 0 Å². The molecule has 0 amide bonds. The Morgan fingerprint density at radius 2 is 2.25 bits per heavy atom. The molecule has 2 aromatic heterocycles. The number of aromatic nitrogens is 3. The van der Waals surface area contributed by atoms with E-state index in [0.717, 1.165) is 5.56 Å². The second kappa shape index (κ2) is 4.22. The van der Waals surface area contributed by atoms with Crippen LogP contribution in [0.3, 0.4) is 0 Å². The zero-order valence-corrected chi connectivity index (χ0v) is 9.00. The Hall–Kier alpha value is -2.04. The molecule has 0 saturated carbocycles. The van der Waals surface area contributed by atoms with Crippen LogP contribution in [0.5, 0.6) is 0 Å². The lowest BCUT2D eigenvalue weighted by Gasteiger charge is -2.07. The van der Waals surface area contributed by atoms with Crippen LogP contribution in [0, 0.1) is 6.92 Å². The van der Waals surface area contributed by atoms with Crippen LogP contribution in [0.1, 0.15) is 16.1 Å². The van der Waals surface area contributed by atoms with Crippen molar-refractivity contribution >= 4 is 5.97 Å². The molecule has 0 unspecified atom stereocenters. The minimum absolute atomic E-state index is 0.361. The molecule has 5 nitrogen and oxygen atoms in total. The van der Waals surface area contributed by atoms with Crippen LogP contribution in [0.15, 0.2) is 31.0 Å². The molecule has 1 N–H and O–H groups in total. The monoisotopic (exact) mass is 219 g/mol. The largest absolute Gasteiger partial charge is 0.477 e. The van der Waals surface area contributed by atoms with Crippen molar-refractivity contribution in [3.8, 4) is 0 Å². The summed E-state index contributed by atoms with van der Waals surface area (Å²) in [5.74, 6) is -0.881. The average molecular weight is 219 g/mol. The lowest BCUT2D eigenvalue weighted by atomic mass is 10.3. The summed E-state index contributed by atoms with van der Waals surface area (Å²) in [4.78, 5) is 15.0. The Balaban J connectivity index is 2.13. The molecule has 0 aromatic carbocycles. The molecule has 5 heteroatoms. The number of aromatic carboxylic acids is 1. The molecule has 0 atom stereocenters. The normalized spacial score (nSPS) is 10.6. The fourth-order valence-corrected chi connectivity index (χ4v) is 1.70. The molecular weight excluding hydrogens is 206 g/mol. The predicted octanol–water partition coefficient (Wildman–Crippen LogP) is 1.39. The van der Waals surface area contributed by atoms with Crippen molar-refractivity contribution < 1.29 is 9.90 Å². The van der Waals surface area contributed by atoms with E-state index in [9.17, 15) is 4.79 Å². The van der Waals surface area contributed by atoms with E-state index in [0.29, 0.717) is 18.8 Å². The van der Waals surface area contributed by atoms with Crippen molar-refractivity contribution in [3.05, 3.63) is 42.2 Å². The Morgan fingerprint density at radius 1 is 1.44 bits per heavy atom. The summed E-state index contributed by atoms with van der Waals surface area (Å²) in [5.41, 5.74) is 1.15. The second-order valence-electron chi connectivity index (χ2n) is 3.65. The van der Waals surface area contributed by atoms with Crippen LogP contribution < -0.4 is 0 Å². The molecule has 0 radical (unpaired) electrons. The Morgan fingerprint density at radius 3 is 2.88 bits per heavy atom. The molecule has 2 heterocycles. The molecule has 0 saturated heterocycles. The number of imidazole rings is 1. The minimum atomic E-state index is -0.881. The molecular formula is C11H13N3O2. The Bertz CT molecular complexity index is 485. The maximum atomic E-state index is 11.0. The van der Waals surface area contributed by atoms with Crippen molar-refractivity contribution in [2.75, 3.05) is 0 Å². The van der Waals surface area contributed by atoms with Gasteiger partial charge in [0, 0.05) is 31.7 Å². The maximum Gasteiger partial charge on any atom is 0.352 e. The molecule has 0 bridgehead atoms. The fraction of sp³-hybridized carbons (Fsp3) is 0.273. The summed E-state index contributed by atoms with van der Waals surface area (Å²) < 4.78 is 3.67. The third-order valence-electron chi connectivity index (χ3n) is 2.53. The van der Waals surface area contributed by atoms with E-state index in [1.165, 1.54) is 0 Å². The highest BCUT2D eigenvalue weighted by atomic mass is 16.4. The van der Waals surface area contributed by atoms with Gasteiger partial charge in [0.2, 0.25) is 0 Å². The molecule has 16 heavy (non-hydrogen) atoms. The average Bonchev–Trinajstić information content (AvgIpc) is 2.83. The lowest BCUT2D eigenvalue weighted by Crippen LogP contribution is -2.12. The smallest absolute Gasteiger partial charge is 0.352 e. The predicted molar refractivity (Wildman–Crippen MR) is 58.4 cm³/mol. The molecule has 2 rings (SSSR count). The standard InChI is InChI=1S/C11H13N3O2/c1-9-2-4-14(10(9)11(15)16)7-6-13-5-3-12-8-13/h2-5,8H,6-7H2,1H3,(H,15,16). The fourth-order valence-electron chi connectivity index (χ4n) is 1.70. The van der Waals surface area contributed by atoms with Gasteiger partial charge in [0.1, 0.15) is 5.69 Å². The number of carbonyl (C=O) groups is 1. The van der Waals surface area contributed by atoms with E-state index in [-0.39, 0.29) is 0 Å². The number of aryl methyl sites for hydroxylation is 3. The first-order chi connectivity index (χ1) is 7.68. The van der Waals surface area contributed by atoms with Crippen molar-refractivity contribution in [2.24, 2.45) is 0 Å². The first-order valence-corrected chi connectivity index (χ1v) is 5.03. The summed E-state index contributed by atoms with van der Waals surface area (Å²) in [7, 11) is 0. The second-order valence-corrected chi connectivity index (χ2v) is 3.65. The van der Waals surface area contributed by atoms with Crippen LogP contribution in [0.25, 0.3) is 0 Å². The van der Waals surface area contributed by atoms with Gasteiger partial charge in [-0.25, -0.2) is 9.78 Å². The van der Waals surface area contributed by atoms with Gasteiger partial charge in [0.25, 0.3) is 0 Å². The van der Waals surface area contributed by atoms with Crippen LogP contribution in [-0.4, -0.2) is 25.2 Å². The number of carboxylic acids is 1. The van der Waals surface area contributed by atoms with Crippen LogP contribution in [-0.2, 0) is 13.1 Å². The highest BCUT2D eigenvalue weighted by Gasteiger charge is 2.12. The topological polar surface area (TPSA) is 60.0 Å². The maximum absolute atomic E-state index is 11.0. The van der Waals surface area contributed by atoms with Gasteiger partial charge in [0.05, 0.1) is 6.33 Å². The molecule has 84 valence electrons. The Labute approximate surface area is 93.0 Å². The van der Waals surface area contributed by atoms with Crippen molar-refractivity contribution in [3.63, 3.8) is 0 Å². The highest BCUT2D eigenvalue weighted by Crippen LogP contribution is 2.10. The SMILES string of the molecule is Cc1ccn(CCn2ccnc2)c1C(=O)O. The third kappa shape index (κ3) is 1.98. The van der Waals surface area contributed by atoms with E-state index in [1.807, 2.05) is 16.8 Å². The number of carboxylic acid groups (broad SMARTS) is 1. The minimum Gasteiger partial charge on any atom is -0.477 e. The van der Waals surface area contributed by atoms with Gasteiger partial charge < -0.3 is 14.2 Å². The molecule has 0 aliphatic heterocycles. The van der Waals surface area contributed by atoms with E-state index in [2.05, 4.69) is 4.98 Å². The van der Waals surface area contributed by atoms with Crippen LogP contribution in [0.4, 0.5) is 0 Å². The number of hydrogen-bond donors (Lipinski definition) is 1. The molecule has 2 aromatic rings. The summed E-state index contributed by atoms with van der Waals surface area (Å²) in [5, 5.41) is 9.05. The van der Waals surface area contributed by atoms with E-state index in [4.69, 9.17) is 5.11 Å².